The Morgan fingerprint density at radius 1 is 1.52 bits per heavy atom. The van der Waals surface area contributed by atoms with Gasteiger partial charge in [-0.05, 0) is 25.5 Å². The van der Waals surface area contributed by atoms with E-state index >= 15 is 0 Å². The number of pyridine rings is 1. The van der Waals surface area contributed by atoms with Gasteiger partial charge < -0.3 is 15.1 Å². The van der Waals surface area contributed by atoms with Crippen LogP contribution in [0.15, 0.2) is 12.3 Å². The number of carbonyl (C=O) groups excluding carboxylic acids is 1. The molecule has 0 atom stereocenters. The van der Waals surface area contributed by atoms with E-state index in [-0.39, 0.29) is 23.3 Å². The van der Waals surface area contributed by atoms with Gasteiger partial charge in [-0.1, -0.05) is 6.92 Å². The lowest BCUT2D eigenvalue weighted by atomic mass is 10.0. The molecule has 1 amide bonds. The molecular weight excluding hydrogens is 271 g/mol. The van der Waals surface area contributed by atoms with Crippen LogP contribution in [0.2, 0.25) is 0 Å². The highest BCUT2D eigenvalue weighted by Crippen LogP contribution is 2.20. The molecule has 0 aliphatic carbocycles. The number of likely N-dealkylation sites (tertiary alicyclic amines) is 1. The van der Waals surface area contributed by atoms with E-state index in [4.69, 9.17) is 0 Å². The van der Waals surface area contributed by atoms with Crippen molar-refractivity contribution < 1.29 is 9.18 Å². The number of nitrogens with zero attached hydrogens (tertiary/aromatic N) is 3. The molecule has 5 nitrogen and oxygen atoms in total. The van der Waals surface area contributed by atoms with Gasteiger partial charge >= 0.3 is 0 Å². The van der Waals surface area contributed by atoms with Gasteiger partial charge in [0.05, 0.1) is 5.56 Å². The van der Waals surface area contributed by atoms with Crippen molar-refractivity contribution in [2.24, 2.45) is 0 Å². The molecule has 0 saturated carbocycles. The van der Waals surface area contributed by atoms with Crippen LogP contribution in [0, 0.1) is 5.82 Å². The van der Waals surface area contributed by atoms with Gasteiger partial charge in [0, 0.05) is 39.4 Å². The molecule has 1 fully saturated rings. The minimum Gasteiger partial charge on any atom is -0.371 e. The van der Waals surface area contributed by atoms with Crippen LogP contribution in [0.4, 0.5) is 10.2 Å². The predicted molar refractivity (Wildman–Crippen MR) is 81.0 cm³/mol. The van der Waals surface area contributed by atoms with Crippen LogP contribution in [0.5, 0.6) is 0 Å². The maximum absolute atomic E-state index is 14.2. The first-order chi connectivity index (χ1) is 10.1. The van der Waals surface area contributed by atoms with Crippen molar-refractivity contribution in [2.45, 2.75) is 25.8 Å². The first kappa shape index (κ1) is 15.7. The number of nitrogens with one attached hydrogen (secondary N) is 1. The van der Waals surface area contributed by atoms with Gasteiger partial charge in [0.15, 0.2) is 11.6 Å². The van der Waals surface area contributed by atoms with Crippen LogP contribution < -0.4 is 5.32 Å². The minimum absolute atomic E-state index is 0.0785. The van der Waals surface area contributed by atoms with E-state index in [9.17, 15) is 9.18 Å². The van der Waals surface area contributed by atoms with E-state index < -0.39 is 5.82 Å². The van der Waals surface area contributed by atoms with E-state index in [1.165, 1.54) is 12.3 Å². The third kappa shape index (κ3) is 3.32. The fraction of sp³-hybridized carbons (Fsp3) is 0.600. The predicted octanol–water partition coefficient (Wildman–Crippen LogP) is 1.82. The molecule has 1 aliphatic heterocycles. The highest BCUT2D eigenvalue weighted by atomic mass is 19.1. The summed E-state index contributed by atoms with van der Waals surface area (Å²) >= 11 is 0. The van der Waals surface area contributed by atoms with E-state index in [1.54, 1.807) is 19.0 Å². The molecule has 1 N–H and O–H groups in total. The normalized spacial score (nSPS) is 16.8. The fourth-order valence-electron chi connectivity index (χ4n) is 2.76. The highest BCUT2D eigenvalue weighted by Gasteiger charge is 2.27. The van der Waals surface area contributed by atoms with Crippen molar-refractivity contribution in [3.05, 3.63) is 23.6 Å². The van der Waals surface area contributed by atoms with Crippen molar-refractivity contribution in [2.75, 3.05) is 39.0 Å². The average molecular weight is 294 g/mol. The number of hydrogen-bond donors (Lipinski definition) is 1. The summed E-state index contributed by atoms with van der Waals surface area (Å²) in [5, 5.41) is 2.66. The van der Waals surface area contributed by atoms with Gasteiger partial charge in [-0.25, -0.2) is 9.37 Å². The molecule has 1 saturated heterocycles. The molecule has 2 rings (SSSR count). The molecule has 0 radical (unpaired) electrons. The van der Waals surface area contributed by atoms with Gasteiger partial charge in [-0.3, -0.25) is 4.79 Å². The Kier molecular flexibility index (Phi) is 5.12. The number of anilines is 1. The minimum atomic E-state index is -0.581. The van der Waals surface area contributed by atoms with Gasteiger partial charge in [0.2, 0.25) is 0 Å². The molecule has 116 valence electrons. The number of carbonyl (C=O) groups is 1. The van der Waals surface area contributed by atoms with Gasteiger partial charge in [0.25, 0.3) is 5.91 Å². The Balaban J connectivity index is 2.09. The van der Waals surface area contributed by atoms with Crippen LogP contribution in [-0.4, -0.2) is 60.5 Å². The summed E-state index contributed by atoms with van der Waals surface area (Å²) in [6.45, 7) is 5.15. The molecule has 0 bridgehead atoms. The highest BCUT2D eigenvalue weighted by molar-refractivity contribution is 5.95. The van der Waals surface area contributed by atoms with Crippen LogP contribution in [0.3, 0.4) is 0 Å². The van der Waals surface area contributed by atoms with Crippen LogP contribution >= 0.6 is 0 Å². The van der Waals surface area contributed by atoms with Crippen LogP contribution in [0.25, 0.3) is 0 Å². The zero-order chi connectivity index (χ0) is 15.4. The van der Waals surface area contributed by atoms with Crippen molar-refractivity contribution in [1.29, 1.82) is 0 Å². The summed E-state index contributed by atoms with van der Waals surface area (Å²) in [5.74, 6) is -0.751. The van der Waals surface area contributed by atoms with Gasteiger partial charge in [-0.2, -0.15) is 0 Å². The summed E-state index contributed by atoms with van der Waals surface area (Å²) in [6, 6.07) is 1.61. The summed E-state index contributed by atoms with van der Waals surface area (Å²) < 4.78 is 14.2. The SMILES string of the molecule is CCN1CCC(N(C)C(=O)c2ccnc(NC)c2F)CC1. The number of rotatable bonds is 4. The molecule has 6 heteroatoms. The Labute approximate surface area is 125 Å². The van der Waals surface area contributed by atoms with Crippen LogP contribution in [-0.2, 0) is 0 Å². The van der Waals surface area contributed by atoms with E-state index in [1.807, 2.05) is 0 Å². The summed E-state index contributed by atoms with van der Waals surface area (Å²) in [6.07, 6.45) is 3.32. The molecule has 1 aliphatic rings. The topological polar surface area (TPSA) is 48.5 Å². The quantitative estimate of drug-likeness (QED) is 0.920. The lowest BCUT2D eigenvalue weighted by molar-refractivity contribution is 0.0642. The van der Waals surface area contributed by atoms with Crippen molar-refractivity contribution in [3.8, 4) is 0 Å². The summed E-state index contributed by atoms with van der Waals surface area (Å²) in [4.78, 5) is 20.4. The number of aromatic nitrogens is 1. The monoisotopic (exact) mass is 294 g/mol. The number of hydrogen-bond acceptors (Lipinski definition) is 4. The Hall–Kier alpha value is -1.69. The van der Waals surface area contributed by atoms with Crippen molar-refractivity contribution >= 4 is 11.7 Å². The molecule has 0 spiro atoms. The molecule has 0 aromatic carbocycles. The number of halogens is 1. The Bertz CT molecular complexity index is 500. The average Bonchev–Trinajstić information content (AvgIpc) is 2.54. The van der Waals surface area contributed by atoms with Gasteiger partial charge in [0.1, 0.15) is 0 Å². The van der Waals surface area contributed by atoms with Crippen molar-refractivity contribution in [3.63, 3.8) is 0 Å². The fourth-order valence-corrected chi connectivity index (χ4v) is 2.76. The third-order valence-corrected chi connectivity index (χ3v) is 4.23. The van der Waals surface area contributed by atoms with Crippen LogP contribution in [0.1, 0.15) is 30.1 Å². The zero-order valence-corrected chi connectivity index (χ0v) is 12.9. The smallest absolute Gasteiger partial charge is 0.257 e. The van der Waals surface area contributed by atoms with E-state index in [0.717, 1.165) is 32.5 Å². The maximum atomic E-state index is 14.2. The molecule has 1 aromatic heterocycles. The third-order valence-electron chi connectivity index (χ3n) is 4.23. The standard InChI is InChI=1S/C15H23FN4O/c1-4-20-9-6-11(7-10-20)19(3)15(21)12-5-8-18-14(17-2)13(12)16/h5,8,11H,4,6-7,9-10H2,1-3H3,(H,17,18). The second kappa shape index (κ2) is 6.85. The lowest BCUT2D eigenvalue weighted by Crippen LogP contribution is -2.45. The lowest BCUT2D eigenvalue weighted by Gasteiger charge is -2.36. The van der Waals surface area contributed by atoms with E-state index in [2.05, 4.69) is 22.1 Å². The Morgan fingerprint density at radius 2 is 2.19 bits per heavy atom. The first-order valence-electron chi connectivity index (χ1n) is 7.40. The second-order valence-electron chi connectivity index (χ2n) is 5.35. The summed E-state index contributed by atoms with van der Waals surface area (Å²) in [5.41, 5.74) is 0.0785. The molecule has 2 heterocycles. The first-order valence-corrected chi connectivity index (χ1v) is 7.40. The molecule has 0 unspecified atom stereocenters. The molecule has 1 aromatic rings. The molecular formula is C15H23FN4O. The Morgan fingerprint density at radius 3 is 2.76 bits per heavy atom. The number of piperidine rings is 1. The number of amides is 1. The van der Waals surface area contributed by atoms with E-state index in [0.29, 0.717) is 0 Å². The molecule has 21 heavy (non-hydrogen) atoms. The second-order valence-corrected chi connectivity index (χ2v) is 5.35. The van der Waals surface area contributed by atoms with Gasteiger partial charge in [-0.15, -0.1) is 0 Å². The van der Waals surface area contributed by atoms with Crippen molar-refractivity contribution in [1.82, 2.24) is 14.8 Å². The largest absolute Gasteiger partial charge is 0.371 e. The maximum Gasteiger partial charge on any atom is 0.257 e. The summed E-state index contributed by atoms with van der Waals surface area (Å²) in [7, 11) is 3.34. The zero-order valence-electron chi connectivity index (χ0n) is 12.9.